The van der Waals surface area contributed by atoms with E-state index in [1.54, 1.807) is 13.0 Å². The molecule has 0 amide bonds. The van der Waals surface area contributed by atoms with E-state index in [1.807, 2.05) is 31.2 Å². The third-order valence-electron chi connectivity index (χ3n) is 2.70. The maximum atomic E-state index is 11.4. The number of primary sulfonamides is 1. The lowest BCUT2D eigenvalue weighted by atomic mass is 10.0. The average molecular weight is 235 g/mol. The number of nitrogens with two attached hydrogens (primary N) is 1. The molecule has 4 heteroatoms. The molecule has 2 aromatic rings. The highest BCUT2D eigenvalue weighted by Gasteiger charge is 2.12. The molecule has 0 aromatic heterocycles. The van der Waals surface area contributed by atoms with E-state index < -0.39 is 10.0 Å². The summed E-state index contributed by atoms with van der Waals surface area (Å²) in [6.45, 7) is 3.75. The van der Waals surface area contributed by atoms with E-state index in [1.165, 1.54) is 0 Å². The van der Waals surface area contributed by atoms with Crippen LogP contribution in [0.25, 0.3) is 10.8 Å². The molecule has 0 heterocycles. The number of hydrogen-bond donors (Lipinski definition) is 1. The van der Waals surface area contributed by atoms with Crippen LogP contribution in [0.1, 0.15) is 11.1 Å². The normalized spacial score (nSPS) is 11.9. The molecule has 0 bridgehead atoms. The first-order valence-electron chi connectivity index (χ1n) is 4.92. The van der Waals surface area contributed by atoms with Crippen molar-refractivity contribution < 1.29 is 8.42 Å². The first-order chi connectivity index (χ1) is 7.39. The fourth-order valence-electron chi connectivity index (χ4n) is 1.88. The fourth-order valence-corrected chi connectivity index (χ4v) is 2.67. The number of hydrogen-bond acceptors (Lipinski definition) is 2. The van der Waals surface area contributed by atoms with Crippen LogP contribution in [-0.4, -0.2) is 8.42 Å². The largest absolute Gasteiger partial charge is 0.238 e. The molecule has 84 valence electrons. The molecular formula is C12H13NO2S. The minimum atomic E-state index is -3.64. The highest BCUT2D eigenvalue weighted by atomic mass is 32.2. The molecule has 3 nitrogen and oxygen atoms in total. The van der Waals surface area contributed by atoms with Gasteiger partial charge in [-0.1, -0.05) is 18.2 Å². The van der Waals surface area contributed by atoms with Crippen LogP contribution in [-0.2, 0) is 10.0 Å². The summed E-state index contributed by atoms with van der Waals surface area (Å²) in [5.74, 6) is 0. The Balaban J connectivity index is 2.88. The summed E-state index contributed by atoms with van der Waals surface area (Å²) in [7, 11) is -3.64. The monoisotopic (exact) mass is 235 g/mol. The van der Waals surface area contributed by atoms with E-state index in [9.17, 15) is 8.42 Å². The molecule has 0 fully saturated rings. The van der Waals surface area contributed by atoms with Crippen LogP contribution in [0, 0.1) is 13.8 Å². The number of aryl methyl sites for hydroxylation is 2. The molecule has 0 unspecified atom stereocenters. The van der Waals surface area contributed by atoms with Gasteiger partial charge in [0.2, 0.25) is 10.0 Å². The molecule has 0 aliphatic rings. The van der Waals surface area contributed by atoms with Gasteiger partial charge in [-0.15, -0.1) is 0 Å². The second-order valence-electron chi connectivity index (χ2n) is 3.96. The molecule has 0 aliphatic heterocycles. The van der Waals surface area contributed by atoms with Crippen LogP contribution in [0.15, 0.2) is 35.2 Å². The van der Waals surface area contributed by atoms with Crippen molar-refractivity contribution in [2.45, 2.75) is 18.7 Å². The van der Waals surface area contributed by atoms with E-state index >= 15 is 0 Å². The van der Waals surface area contributed by atoms with Gasteiger partial charge in [-0.3, -0.25) is 0 Å². The van der Waals surface area contributed by atoms with Gasteiger partial charge in [0.25, 0.3) is 0 Å². The number of benzene rings is 2. The Morgan fingerprint density at radius 1 is 1.06 bits per heavy atom. The molecule has 0 aliphatic carbocycles. The predicted molar refractivity (Wildman–Crippen MR) is 64.8 cm³/mol. The van der Waals surface area contributed by atoms with Gasteiger partial charge < -0.3 is 0 Å². The third-order valence-corrected chi connectivity index (χ3v) is 3.75. The van der Waals surface area contributed by atoms with E-state index in [4.69, 9.17) is 5.14 Å². The molecule has 0 spiro atoms. The van der Waals surface area contributed by atoms with Gasteiger partial charge in [0.05, 0.1) is 4.90 Å². The Morgan fingerprint density at radius 3 is 2.38 bits per heavy atom. The van der Waals surface area contributed by atoms with Crippen molar-refractivity contribution in [1.82, 2.24) is 0 Å². The van der Waals surface area contributed by atoms with Gasteiger partial charge in [-0.05, 0) is 47.9 Å². The zero-order chi connectivity index (χ0) is 11.9. The fraction of sp³-hybridized carbons (Fsp3) is 0.167. The number of fused-ring (bicyclic) bond motifs is 1. The lowest BCUT2D eigenvalue weighted by Gasteiger charge is -2.07. The summed E-state index contributed by atoms with van der Waals surface area (Å²) in [6, 6.07) is 9.28. The van der Waals surface area contributed by atoms with Gasteiger partial charge in [-0.25, -0.2) is 13.6 Å². The van der Waals surface area contributed by atoms with E-state index in [0.29, 0.717) is 5.56 Å². The van der Waals surface area contributed by atoms with Crippen molar-refractivity contribution in [3.8, 4) is 0 Å². The molecule has 2 aromatic carbocycles. The minimum Gasteiger partial charge on any atom is -0.225 e. The second kappa shape index (κ2) is 3.57. The maximum absolute atomic E-state index is 11.4. The quantitative estimate of drug-likeness (QED) is 0.822. The van der Waals surface area contributed by atoms with Gasteiger partial charge in [0.15, 0.2) is 0 Å². The number of sulfonamides is 1. The average Bonchev–Trinajstić information content (AvgIpc) is 2.17. The minimum absolute atomic E-state index is 0.200. The highest BCUT2D eigenvalue weighted by molar-refractivity contribution is 7.89. The summed E-state index contributed by atoms with van der Waals surface area (Å²) >= 11 is 0. The first-order valence-corrected chi connectivity index (χ1v) is 6.47. The molecule has 0 radical (unpaired) electrons. The van der Waals surface area contributed by atoms with Crippen molar-refractivity contribution in [2.24, 2.45) is 5.14 Å². The van der Waals surface area contributed by atoms with Crippen molar-refractivity contribution in [3.63, 3.8) is 0 Å². The summed E-state index contributed by atoms with van der Waals surface area (Å²) in [6.07, 6.45) is 0. The Bertz CT molecular complexity index is 660. The van der Waals surface area contributed by atoms with E-state index in [-0.39, 0.29) is 4.90 Å². The lowest BCUT2D eigenvalue weighted by molar-refractivity contribution is 0.597. The maximum Gasteiger partial charge on any atom is 0.238 e. The van der Waals surface area contributed by atoms with Crippen LogP contribution >= 0.6 is 0 Å². The highest BCUT2D eigenvalue weighted by Crippen LogP contribution is 2.24. The molecular weight excluding hydrogens is 222 g/mol. The van der Waals surface area contributed by atoms with Crippen molar-refractivity contribution in [3.05, 3.63) is 41.5 Å². The van der Waals surface area contributed by atoms with Crippen molar-refractivity contribution in [1.29, 1.82) is 0 Å². The summed E-state index contributed by atoms with van der Waals surface area (Å²) in [5, 5.41) is 7.12. The van der Waals surface area contributed by atoms with Crippen LogP contribution < -0.4 is 5.14 Å². The first kappa shape index (κ1) is 11.1. The van der Waals surface area contributed by atoms with Gasteiger partial charge in [-0.2, -0.15) is 0 Å². The summed E-state index contributed by atoms with van der Waals surface area (Å²) < 4.78 is 22.7. The van der Waals surface area contributed by atoms with Gasteiger partial charge in [0.1, 0.15) is 0 Å². The molecule has 0 atom stereocenters. The Morgan fingerprint density at radius 2 is 1.75 bits per heavy atom. The Labute approximate surface area is 94.9 Å². The Hall–Kier alpha value is -1.39. The van der Waals surface area contributed by atoms with E-state index in [0.717, 1.165) is 16.3 Å². The summed E-state index contributed by atoms with van der Waals surface area (Å²) in [4.78, 5) is 0.200. The smallest absolute Gasteiger partial charge is 0.225 e. The van der Waals surface area contributed by atoms with Crippen LogP contribution in [0.3, 0.4) is 0 Å². The zero-order valence-corrected chi connectivity index (χ0v) is 10.0. The standard InChI is InChI=1S/C12H13NO2S/c1-8-4-3-5-10-7-12(16(13,14)15)9(2)6-11(8)10/h3-7H,1-2H3,(H2,13,14,15). The van der Waals surface area contributed by atoms with Gasteiger partial charge in [0, 0.05) is 0 Å². The van der Waals surface area contributed by atoms with Crippen LogP contribution in [0.5, 0.6) is 0 Å². The molecule has 0 saturated heterocycles. The van der Waals surface area contributed by atoms with Crippen LogP contribution in [0.4, 0.5) is 0 Å². The SMILES string of the molecule is Cc1cc2c(C)cccc2cc1S(N)(=O)=O. The second-order valence-corrected chi connectivity index (χ2v) is 5.49. The molecule has 2 N–H and O–H groups in total. The van der Waals surface area contributed by atoms with E-state index in [2.05, 4.69) is 0 Å². The van der Waals surface area contributed by atoms with Gasteiger partial charge >= 0.3 is 0 Å². The van der Waals surface area contributed by atoms with Crippen molar-refractivity contribution >= 4 is 20.8 Å². The number of rotatable bonds is 1. The lowest BCUT2D eigenvalue weighted by Crippen LogP contribution is -2.13. The predicted octanol–water partition coefficient (Wildman–Crippen LogP) is 2.10. The summed E-state index contributed by atoms with van der Waals surface area (Å²) in [5.41, 5.74) is 1.81. The Kier molecular flexibility index (Phi) is 2.48. The van der Waals surface area contributed by atoms with Crippen molar-refractivity contribution in [2.75, 3.05) is 0 Å². The molecule has 2 rings (SSSR count). The molecule has 0 saturated carbocycles. The van der Waals surface area contributed by atoms with Crippen LogP contribution in [0.2, 0.25) is 0 Å². The topological polar surface area (TPSA) is 60.2 Å². The third kappa shape index (κ3) is 1.81. The zero-order valence-electron chi connectivity index (χ0n) is 9.19. The molecule has 16 heavy (non-hydrogen) atoms.